The van der Waals surface area contributed by atoms with E-state index in [-0.39, 0.29) is 0 Å². The zero-order chi connectivity index (χ0) is 12.4. The van der Waals surface area contributed by atoms with Gasteiger partial charge in [-0.1, -0.05) is 52.0 Å². The Kier molecular flexibility index (Phi) is 4.05. The Morgan fingerprint density at radius 1 is 1.06 bits per heavy atom. The molecule has 90 valence electrons. The van der Waals surface area contributed by atoms with Crippen LogP contribution in [-0.2, 0) is 0 Å². The van der Waals surface area contributed by atoms with Crippen molar-refractivity contribution in [2.45, 2.75) is 33.6 Å². The van der Waals surface area contributed by atoms with Crippen LogP contribution in [0.5, 0.6) is 0 Å². The van der Waals surface area contributed by atoms with Gasteiger partial charge in [0.15, 0.2) is 0 Å². The Hall–Kier alpha value is -0.600. The van der Waals surface area contributed by atoms with E-state index in [9.17, 15) is 0 Å². The van der Waals surface area contributed by atoms with Gasteiger partial charge in [0.1, 0.15) is 0 Å². The molecule has 2 rings (SSSR count). The molecule has 0 unspecified atom stereocenters. The summed E-state index contributed by atoms with van der Waals surface area (Å²) < 4.78 is 0. The molecule has 1 aliphatic carbocycles. The fourth-order valence-corrected chi connectivity index (χ4v) is 4.91. The van der Waals surface area contributed by atoms with Gasteiger partial charge in [0, 0.05) is 15.4 Å². The normalized spacial score (nSPS) is 25.6. The summed E-state index contributed by atoms with van der Waals surface area (Å²) in [6, 6.07) is 0. The first-order valence-corrected chi connectivity index (χ1v) is 8.11. The Balaban J connectivity index is 2.58. The lowest BCUT2D eigenvalue weighted by molar-refractivity contribution is 1.01. The van der Waals surface area contributed by atoms with E-state index >= 15 is 0 Å². The summed E-state index contributed by atoms with van der Waals surface area (Å²) in [5, 5.41) is 0. The highest BCUT2D eigenvalue weighted by atomic mass is 33.1. The quantitative estimate of drug-likeness (QED) is 0.578. The third-order valence-corrected chi connectivity index (χ3v) is 5.86. The third-order valence-electron chi connectivity index (χ3n) is 3.28. The van der Waals surface area contributed by atoms with Crippen LogP contribution in [0.15, 0.2) is 56.9 Å². The molecule has 0 fully saturated rings. The first kappa shape index (κ1) is 12.8. The van der Waals surface area contributed by atoms with Crippen molar-refractivity contribution < 1.29 is 0 Å². The van der Waals surface area contributed by atoms with Gasteiger partial charge < -0.3 is 0 Å². The molecular formula is C15H18S2. The molecule has 0 nitrogen and oxygen atoms in total. The first-order chi connectivity index (χ1) is 8.22. The summed E-state index contributed by atoms with van der Waals surface area (Å²) in [6.45, 7) is 10.5. The zero-order valence-electron chi connectivity index (χ0n) is 10.7. The van der Waals surface area contributed by atoms with E-state index in [0.29, 0.717) is 0 Å². The van der Waals surface area contributed by atoms with Gasteiger partial charge in [-0.15, -0.1) is 0 Å². The predicted octanol–water partition coefficient (Wildman–Crippen LogP) is 5.78. The lowest BCUT2D eigenvalue weighted by atomic mass is 9.97. The van der Waals surface area contributed by atoms with Crippen molar-refractivity contribution in [2.75, 3.05) is 0 Å². The lowest BCUT2D eigenvalue weighted by Crippen LogP contribution is -1.93. The highest BCUT2D eigenvalue weighted by Gasteiger charge is 2.28. The van der Waals surface area contributed by atoms with Gasteiger partial charge in [-0.05, 0) is 44.8 Å². The Morgan fingerprint density at radius 2 is 1.82 bits per heavy atom. The Morgan fingerprint density at radius 3 is 2.41 bits per heavy atom. The molecule has 0 amide bonds. The van der Waals surface area contributed by atoms with E-state index in [1.54, 1.807) is 0 Å². The van der Waals surface area contributed by atoms with Crippen molar-refractivity contribution in [1.82, 2.24) is 0 Å². The first-order valence-electron chi connectivity index (χ1n) is 5.96. The van der Waals surface area contributed by atoms with E-state index in [1.165, 1.54) is 44.9 Å². The fraction of sp³-hybridized carbons (Fsp3) is 0.333. The van der Waals surface area contributed by atoms with Gasteiger partial charge in [-0.25, -0.2) is 0 Å². The van der Waals surface area contributed by atoms with Crippen LogP contribution < -0.4 is 0 Å². The van der Waals surface area contributed by atoms with Crippen molar-refractivity contribution in [3.8, 4) is 0 Å². The van der Waals surface area contributed by atoms with E-state index in [1.807, 2.05) is 27.7 Å². The van der Waals surface area contributed by atoms with Crippen molar-refractivity contribution in [2.24, 2.45) is 0 Å². The molecule has 2 aliphatic rings. The summed E-state index contributed by atoms with van der Waals surface area (Å²) in [5.74, 6) is 0. The highest BCUT2D eigenvalue weighted by Crippen LogP contribution is 2.55. The smallest absolute Gasteiger partial charge is 0.0270 e. The molecule has 1 aliphatic heterocycles. The summed E-state index contributed by atoms with van der Waals surface area (Å²) in [5.41, 5.74) is 5.92. The molecule has 0 saturated heterocycles. The summed E-state index contributed by atoms with van der Waals surface area (Å²) in [6.07, 6.45) is 8.87. The maximum Gasteiger partial charge on any atom is 0.0270 e. The van der Waals surface area contributed by atoms with E-state index in [4.69, 9.17) is 0 Å². The second-order valence-corrected chi connectivity index (χ2v) is 6.45. The molecule has 0 aromatic carbocycles. The van der Waals surface area contributed by atoms with Crippen LogP contribution in [-0.4, -0.2) is 0 Å². The fourth-order valence-electron chi connectivity index (χ4n) is 2.38. The second-order valence-electron chi connectivity index (χ2n) is 4.23. The SMILES string of the molecule is C=CC1=C(C2=C(C)CC/C2=C/C)/C(=C\C)SS1. The van der Waals surface area contributed by atoms with Gasteiger partial charge in [-0.2, -0.15) is 0 Å². The van der Waals surface area contributed by atoms with Crippen LogP contribution in [0.2, 0.25) is 0 Å². The number of hydrogen-bond acceptors (Lipinski definition) is 2. The third kappa shape index (κ3) is 2.21. The lowest BCUT2D eigenvalue weighted by Gasteiger charge is -2.10. The molecule has 0 aromatic rings. The molecule has 0 atom stereocenters. The average molecular weight is 262 g/mol. The molecule has 1 heterocycles. The van der Waals surface area contributed by atoms with Crippen LogP contribution in [0.3, 0.4) is 0 Å². The molecule has 17 heavy (non-hydrogen) atoms. The summed E-state index contributed by atoms with van der Waals surface area (Å²) >= 11 is 0. The van der Waals surface area contributed by atoms with E-state index in [2.05, 4.69) is 39.5 Å². The zero-order valence-corrected chi connectivity index (χ0v) is 12.3. The molecular weight excluding hydrogens is 244 g/mol. The molecule has 0 N–H and O–H groups in total. The van der Waals surface area contributed by atoms with E-state index in [0.717, 1.165) is 0 Å². The van der Waals surface area contributed by atoms with Crippen molar-refractivity contribution in [3.63, 3.8) is 0 Å². The van der Waals surface area contributed by atoms with Crippen LogP contribution in [0, 0.1) is 0 Å². The largest absolute Gasteiger partial charge is 0.0979 e. The van der Waals surface area contributed by atoms with Crippen molar-refractivity contribution >= 4 is 21.6 Å². The van der Waals surface area contributed by atoms with Crippen LogP contribution in [0.4, 0.5) is 0 Å². The van der Waals surface area contributed by atoms with Crippen LogP contribution >= 0.6 is 21.6 Å². The van der Waals surface area contributed by atoms with Gasteiger partial charge in [0.05, 0.1) is 0 Å². The van der Waals surface area contributed by atoms with E-state index < -0.39 is 0 Å². The van der Waals surface area contributed by atoms with Crippen molar-refractivity contribution in [1.29, 1.82) is 0 Å². The molecule has 0 saturated carbocycles. The van der Waals surface area contributed by atoms with Gasteiger partial charge in [-0.3, -0.25) is 0 Å². The molecule has 2 heteroatoms. The van der Waals surface area contributed by atoms with Gasteiger partial charge >= 0.3 is 0 Å². The molecule has 0 bridgehead atoms. The minimum Gasteiger partial charge on any atom is -0.0979 e. The van der Waals surface area contributed by atoms with Crippen LogP contribution in [0.1, 0.15) is 33.6 Å². The molecule has 0 radical (unpaired) electrons. The van der Waals surface area contributed by atoms with Crippen molar-refractivity contribution in [3.05, 3.63) is 56.9 Å². The highest BCUT2D eigenvalue weighted by molar-refractivity contribution is 8.80. The maximum absolute atomic E-state index is 3.95. The minimum absolute atomic E-state index is 1.19. The maximum atomic E-state index is 3.95. The topological polar surface area (TPSA) is 0 Å². The van der Waals surface area contributed by atoms with Crippen LogP contribution in [0.25, 0.3) is 0 Å². The second kappa shape index (κ2) is 5.36. The molecule has 0 aromatic heterocycles. The number of hydrogen-bond donors (Lipinski definition) is 0. The number of rotatable bonds is 2. The summed E-state index contributed by atoms with van der Waals surface area (Å²) in [7, 11) is 3.69. The average Bonchev–Trinajstić information content (AvgIpc) is 2.90. The van der Waals surface area contributed by atoms with Gasteiger partial charge in [0.25, 0.3) is 0 Å². The number of allylic oxidation sites excluding steroid dienone is 7. The predicted molar refractivity (Wildman–Crippen MR) is 81.9 cm³/mol. The minimum atomic E-state index is 1.19. The Labute approximate surface area is 112 Å². The summed E-state index contributed by atoms with van der Waals surface area (Å²) in [4.78, 5) is 2.71. The monoisotopic (exact) mass is 262 g/mol. The Bertz CT molecular complexity index is 473. The standard InChI is InChI=1S/C15H18S2/c1-5-11-9-8-10(4)14(11)15-12(6-2)16-17-13(15)7-3/h5-7H,2,8-9H2,1,3-4H3/b11-5-,13-7+. The molecule has 0 spiro atoms. The van der Waals surface area contributed by atoms with Gasteiger partial charge in [0.2, 0.25) is 0 Å².